The molecule has 0 bridgehead atoms. The Morgan fingerprint density at radius 1 is 1.10 bits per heavy atom. The van der Waals surface area contributed by atoms with Gasteiger partial charge in [0, 0.05) is 28.6 Å². The number of hydrogen-bond donors (Lipinski definition) is 4. The van der Waals surface area contributed by atoms with E-state index in [1.165, 1.54) is 24.2 Å². The number of primary sulfonamides is 1. The van der Waals surface area contributed by atoms with Gasteiger partial charge in [-0.15, -0.1) is 11.8 Å². The van der Waals surface area contributed by atoms with Gasteiger partial charge in [-0.05, 0) is 48.2 Å². The van der Waals surface area contributed by atoms with Crippen LogP contribution in [0.2, 0.25) is 0 Å². The van der Waals surface area contributed by atoms with Crippen LogP contribution in [0.1, 0.15) is 5.56 Å². The van der Waals surface area contributed by atoms with Crippen molar-refractivity contribution in [2.24, 2.45) is 5.14 Å². The molecule has 4 aromatic rings. The van der Waals surface area contributed by atoms with Crippen molar-refractivity contribution >= 4 is 50.0 Å². The maximum Gasteiger partial charge on any atom is 0.238 e. The molecule has 0 amide bonds. The van der Waals surface area contributed by atoms with Gasteiger partial charge in [0.2, 0.25) is 10.0 Å². The van der Waals surface area contributed by atoms with Crippen molar-refractivity contribution in [3.63, 3.8) is 0 Å². The number of fused-ring (bicyclic) bond motifs is 1. The van der Waals surface area contributed by atoms with Crippen molar-refractivity contribution in [3.8, 4) is 0 Å². The normalized spacial score (nSPS) is 11.5. The zero-order valence-corrected chi connectivity index (χ0v) is 17.6. The van der Waals surface area contributed by atoms with Crippen LogP contribution in [0.25, 0.3) is 10.9 Å². The highest BCUT2D eigenvalue weighted by Crippen LogP contribution is 2.25. The second kappa shape index (κ2) is 8.30. The van der Waals surface area contributed by atoms with Crippen LogP contribution in [-0.4, -0.2) is 34.8 Å². The average Bonchev–Trinajstić information content (AvgIpc) is 3.19. The third-order valence-corrected chi connectivity index (χ3v) is 6.17. The number of aromatic nitrogens is 4. The number of nitrogens with zero attached hydrogens (tertiary/aromatic N) is 3. The molecule has 0 aliphatic carbocycles. The summed E-state index contributed by atoms with van der Waals surface area (Å²) in [5.74, 6) is 1.23. The van der Waals surface area contributed by atoms with Crippen molar-refractivity contribution < 1.29 is 8.42 Å². The van der Waals surface area contributed by atoms with Gasteiger partial charge in [-0.1, -0.05) is 0 Å². The van der Waals surface area contributed by atoms with Crippen LogP contribution in [0.3, 0.4) is 0 Å². The number of H-pyrrole nitrogens is 1. The quantitative estimate of drug-likeness (QED) is 0.321. The molecular weight excluding hydrogens is 422 g/mol. The molecule has 2 aromatic carbocycles. The van der Waals surface area contributed by atoms with Crippen LogP contribution >= 0.6 is 11.8 Å². The molecule has 154 valence electrons. The third-order valence-electron chi connectivity index (χ3n) is 4.42. The van der Waals surface area contributed by atoms with E-state index in [1.54, 1.807) is 24.4 Å². The Bertz CT molecular complexity index is 1310. The minimum atomic E-state index is -3.77. The van der Waals surface area contributed by atoms with Crippen molar-refractivity contribution in [2.75, 3.05) is 16.9 Å². The Morgan fingerprint density at radius 3 is 2.73 bits per heavy atom. The highest BCUT2D eigenvalue weighted by molar-refractivity contribution is 7.98. The van der Waals surface area contributed by atoms with E-state index in [2.05, 4.69) is 30.8 Å². The minimum Gasteiger partial charge on any atom is -0.366 e. The van der Waals surface area contributed by atoms with Gasteiger partial charge in [0.25, 0.3) is 0 Å². The van der Waals surface area contributed by atoms with E-state index < -0.39 is 10.0 Å². The molecule has 4 rings (SSSR count). The highest BCUT2D eigenvalue weighted by atomic mass is 32.2. The van der Waals surface area contributed by atoms with Gasteiger partial charge in [-0.2, -0.15) is 5.10 Å². The number of thioether (sulfide) groups is 1. The Morgan fingerprint density at radius 2 is 1.93 bits per heavy atom. The smallest absolute Gasteiger partial charge is 0.238 e. The van der Waals surface area contributed by atoms with Gasteiger partial charge in [-0.25, -0.2) is 23.5 Å². The maximum atomic E-state index is 11.7. The first-order valence-electron chi connectivity index (χ1n) is 8.88. The summed E-state index contributed by atoms with van der Waals surface area (Å²) < 4.78 is 23.3. The van der Waals surface area contributed by atoms with Crippen LogP contribution in [0.5, 0.6) is 0 Å². The lowest BCUT2D eigenvalue weighted by atomic mass is 10.2. The van der Waals surface area contributed by atoms with Gasteiger partial charge >= 0.3 is 0 Å². The Hall–Kier alpha value is -3.15. The fourth-order valence-electron chi connectivity index (χ4n) is 2.95. The van der Waals surface area contributed by atoms with E-state index >= 15 is 0 Å². The number of rotatable bonds is 7. The first kappa shape index (κ1) is 20.1. The zero-order valence-electron chi connectivity index (χ0n) is 16.0. The highest BCUT2D eigenvalue weighted by Gasteiger charge is 2.11. The molecule has 2 heterocycles. The zero-order chi connectivity index (χ0) is 21.1. The summed E-state index contributed by atoms with van der Waals surface area (Å²) >= 11 is 1.53. The van der Waals surface area contributed by atoms with E-state index in [1.807, 2.05) is 24.5 Å². The molecule has 2 aromatic heterocycles. The fraction of sp³-hybridized carbons (Fsp3) is 0.105. The minimum absolute atomic E-state index is 0.0804. The van der Waals surface area contributed by atoms with Crippen molar-refractivity contribution in [1.29, 1.82) is 0 Å². The summed E-state index contributed by atoms with van der Waals surface area (Å²) in [7, 11) is -3.77. The van der Waals surface area contributed by atoms with E-state index in [4.69, 9.17) is 5.14 Å². The summed E-state index contributed by atoms with van der Waals surface area (Å²) in [5.41, 5.74) is 2.64. The molecule has 5 N–H and O–H groups in total. The lowest BCUT2D eigenvalue weighted by molar-refractivity contribution is 0.597. The summed E-state index contributed by atoms with van der Waals surface area (Å²) in [6.45, 7) is 0.386. The number of anilines is 3. The Labute approximate surface area is 177 Å². The van der Waals surface area contributed by atoms with Crippen molar-refractivity contribution in [1.82, 2.24) is 20.2 Å². The first-order chi connectivity index (χ1) is 14.4. The topological polar surface area (TPSA) is 139 Å². The van der Waals surface area contributed by atoms with Gasteiger partial charge in [-0.3, -0.25) is 5.10 Å². The molecule has 0 aliphatic rings. The number of sulfonamides is 1. The Kier molecular flexibility index (Phi) is 5.57. The van der Waals surface area contributed by atoms with Gasteiger partial charge < -0.3 is 10.6 Å². The second-order valence-electron chi connectivity index (χ2n) is 6.46. The SMILES string of the molecule is CSc1ccc(S(N)(=O)=O)cc1CNc1cc(Nc2ccc3[nH]ncc3c2)ncn1. The van der Waals surface area contributed by atoms with E-state index in [9.17, 15) is 8.42 Å². The molecule has 0 aliphatic heterocycles. The monoisotopic (exact) mass is 441 g/mol. The number of benzene rings is 2. The molecule has 0 saturated carbocycles. The van der Waals surface area contributed by atoms with Crippen LogP contribution in [-0.2, 0) is 16.6 Å². The molecule has 0 radical (unpaired) electrons. The maximum absolute atomic E-state index is 11.7. The predicted molar refractivity (Wildman–Crippen MR) is 118 cm³/mol. The largest absolute Gasteiger partial charge is 0.366 e. The lowest BCUT2D eigenvalue weighted by Gasteiger charge is -2.12. The molecule has 11 heteroatoms. The van der Waals surface area contributed by atoms with E-state index in [-0.39, 0.29) is 4.90 Å². The number of nitrogens with one attached hydrogen (secondary N) is 3. The van der Waals surface area contributed by atoms with Crippen LogP contribution in [0.15, 0.2) is 64.8 Å². The van der Waals surface area contributed by atoms with Gasteiger partial charge in [0.1, 0.15) is 18.0 Å². The predicted octanol–water partition coefficient (Wildman–Crippen LogP) is 3.08. The fourth-order valence-corrected chi connectivity index (χ4v) is 4.11. The van der Waals surface area contributed by atoms with Crippen LogP contribution in [0.4, 0.5) is 17.3 Å². The first-order valence-corrected chi connectivity index (χ1v) is 11.7. The number of aromatic amines is 1. The standard InChI is InChI=1S/C19H19N7O2S2/c1-29-17-5-3-15(30(20,27)28)7-13(17)9-21-18-8-19(23-11-22-18)25-14-2-4-16-12(6-14)10-24-26-16/h2-8,10-11H,9H2,1H3,(H,24,26)(H2,20,27,28)(H2,21,22,23,25). The summed E-state index contributed by atoms with van der Waals surface area (Å²) in [6.07, 6.45) is 5.14. The van der Waals surface area contributed by atoms with E-state index in [0.29, 0.717) is 18.2 Å². The van der Waals surface area contributed by atoms with Gasteiger partial charge in [0.15, 0.2) is 0 Å². The Balaban J connectivity index is 1.51. The van der Waals surface area contributed by atoms with Gasteiger partial charge in [0.05, 0.1) is 16.6 Å². The average molecular weight is 442 g/mol. The molecule has 9 nitrogen and oxygen atoms in total. The molecule has 30 heavy (non-hydrogen) atoms. The molecule has 0 spiro atoms. The summed E-state index contributed by atoms with van der Waals surface area (Å²) in [4.78, 5) is 9.52. The van der Waals surface area contributed by atoms with Crippen LogP contribution in [0, 0.1) is 0 Å². The van der Waals surface area contributed by atoms with E-state index in [0.717, 1.165) is 27.0 Å². The number of nitrogens with two attached hydrogens (primary N) is 1. The third kappa shape index (κ3) is 4.53. The van der Waals surface area contributed by atoms with Crippen LogP contribution < -0.4 is 15.8 Å². The molecular formula is C19H19N7O2S2. The lowest BCUT2D eigenvalue weighted by Crippen LogP contribution is -2.13. The second-order valence-corrected chi connectivity index (χ2v) is 8.87. The number of hydrogen-bond acceptors (Lipinski definition) is 8. The molecule has 0 saturated heterocycles. The summed E-state index contributed by atoms with van der Waals surface area (Å²) in [5, 5.41) is 19.6. The molecule has 0 fully saturated rings. The molecule has 0 atom stereocenters. The van der Waals surface area contributed by atoms with Crippen molar-refractivity contribution in [2.45, 2.75) is 16.3 Å². The van der Waals surface area contributed by atoms with Crippen molar-refractivity contribution in [3.05, 3.63) is 60.6 Å². The summed E-state index contributed by atoms with van der Waals surface area (Å²) in [6, 6.07) is 12.5. The molecule has 0 unspecified atom stereocenters.